The van der Waals surface area contributed by atoms with Gasteiger partial charge in [-0.2, -0.15) is 11.8 Å². The van der Waals surface area contributed by atoms with E-state index in [2.05, 4.69) is 18.7 Å². The van der Waals surface area contributed by atoms with Crippen molar-refractivity contribution < 1.29 is 0 Å². The van der Waals surface area contributed by atoms with Crippen LogP contribution in [0.5, 0.6) is 0 Å². The summed E-state index contributed by atoms with van der Waals surface area (Å²) in [5.41, 5.74) is 0. The highest BCUT2D eigenvalue weighted by molar-refractivity contribution is 8.00. The van der Waals surface area contributed by atoms with Crippen molar-refractivity contribution in [1.82, 2.24) is 0 Å². The van der Waals surface area contributed by atoms with Crippen molar-refractivity contribution in [2.24, 2.45) is 0 Å². The third-order valence-electron chi connectivity index (χ3n) is 1.48. The lowest BCUT2D eigenvalue weighted by molar-refractivity contribution is 0.759. The highest BCUT2D eigenvalue weighted by Gasteiger charge is 2.11. The molecule has 0 nitrogen and oxygen atoms in total. The van der Waals surface area contributed by atoms with Gasteiger partial charge in [-0.25, -0.2) is 0 Å². The van der Waals surface area contributed by atoms with Gasteiger partial charge in [0.1, 0.15) is 0 Å². The van der Waals surface area contributed by atoms with Crippen molar-refractivity contribution in [2.45, 2.75) is 31.4 Å². The van der Waals surface area contributed by atoms with E-state index in [9.17, 15) is 0 Å². The molecule has 0 aromatic carbocycles. The van der Waals surface area contributed by atoms with E-state index in [0.29, 0.717) is 0 Å². The molecule has 1 heterocycles. The number of hydrogen-bond donors (Lipinski definition) is 0. The number of thioether (sulfide) groups is 1. The molecule has 0 saturated carbocycles. The van der Waals surface area contributed by atoms with E-state index in [0.717, 1.165) is 5.25 Å². The molecule has 0 N–H and O–H groups in total. The molecule has 0 unspecified atom stereocenters. The van der Waals surface area contributed by atoms with Gasteiger partial charge in [0.15, 0.2) is 0 Å². The minimum atomic E-state index is 1.01. The molecule has 1 fully saturated rings. The summed E-state index contributed by atoms with van der Waals surface area (Å²) in [4.78, 5) is 0. The fraction of sp³-hybridized carbons (Fsp3) is 1.00. The molecule has 1 aliphatic heterocycles. The summed E-state index contributed by atoms with van der Waals surface area (Å²) in [6.07, 6.45) is 4.31. The summed E-state index contributed by atoms with van der Waals surface area (Å²) in [5, 5.41) is 1.01. The van der Waals surface area contributed by atoms with Crippen LogP contribution < -0.4 is 0 Å². The molecule has 0 amide bonds. The first kappa shape index (κ1) is 5.49. The molecule has 0 bridgehead atoms. The van der Waals surface area contributed by atoms with Crippen LogP contribution in [0, 0.1) is 0 Å². The minimum Gasteiger partial charge on any atom is -0.159 e. The second-order valence-electron chi connectivity index (χ2n) is 2.04. The summed E-state index contributed by atoms with van der Waals surface area (Å²) >= 11 is 2.14. The van der Waals surface area contributed by atoms with Gasteiger partial charge in [0.25, 0.3) is 0 Å². The Morgan fingerprint density at radius 1 is 1.71 bits per heavy atom. The van der Waals surface area contributed by atoms with E-state index in [1.165, 1.54) is 25.0 Å². The Balaban J connectivity index is 2.14. The SMILES string of the molecule is CC[C@H]1CCCS1. The fourth-order valence-corrected chi connectivity index (χ4v) is 2.20. The van der Waals surface area contributed by atoms with Gasteiger partial charge in [-0.3, -0.25) is 0 Å². The van der Waals surface area contributed by atoms with E-state index in [4.69, 9.17) is 0 Å². The highest BCUT2D eigenvalue weighted by Crippen LogP contribution is 2.27. The summed E-state index contributed by atoms with van der Waals surface area (Å²) in [7, 11) is 0. The summed E-state index contributed by atoms with van der Waals surface area (Å²) in [6.45, 7) is 2.28. The maximum atomic E-state index is 2.28. The molecule has 1 saturated heterocycles. The minimum absolute atomic E-state index is 1.01. The van der Waals surface area contributed by atoms with E-state index in [-0.39, 0.29) is 0 Å². The predicted octanol–water partition coefficient (Wildman–Crippen LogP) is 2.29. The zero-order chi connectivity index (χ0) is 5.11. The Bertz CT molecular complexity index is 46.1. The standard InChI is InChI=1S/C6H12S/c1-2-6-4-3-5-7-6/h6H,2-5H2,1H3/t6-/m0/s1. The van der Waals surface area contributed by atoms with Crippen LogP contribution in [0.15, 0.2) is 0 Å². The first-order chi connectivity index (χ1) is 3.43. The molecular weight excluding hydrogens is 104 g/mol. The lowest BCUT2D eigenvalue weighted by Gasteiger charge is -1.99. The van der Waals surface area contributed by atoms with Crippen LogP contribution in [-0.4, -0.2) is 11.0 Å². The third-order valence-corrected chi connectivity index (χ3v) is 3.04. The van der Waals surface area contributed by atoms with Gasteiger partial charge < -0.3 is 0 Å². The largest absolute Gasteiger partial charge is 0.159 e. The van der Waals surface area contributed by atoms with Crippen LogP contribution in [0.25, 0.3) is 0 Å². The fourth-order valence-electron chi connectivity index (χ4n) is 0.966. The van der Waals surface area contributed by atoms with Crippen molar-refractivity contribution in [3.63, 3.8) is 0 Å². The summed E-state index contributed by atoms with van der Waals surface area (Å²) in [5.74, 6) is 1.42. The Labute approximate surface area is 49.7 Å². The Hall–Kier alpha value is 0.350. The smallest absolute Gasteiger partial charge is 0.00447 e. The van der Waals surface area contributed by atoms with Gasteiger partial charge in [-0.05, 0) is 25.0 Å². The maximum Gasteiger partial charge on any atom is 0.00447 e. The van der Waals surface area contributed by atoms with Crippen molar-refractivity contribution in [1.29, 1.82) is 0 Å². The molecule has 1 rings (SSSR count). The summed E-state index contributed by atoms with van der Waals surface area (Å²) in [6, 6.07) is 0. The van der Waals surface area contributed by atoms with Crippen LogP contribution in [0.3, 0.4) is 0 Å². The Morgan fingerprint density at radius 3 is 2.86 bits per heavy atom. The molecule has 7 heavy (non-hydrogen) atoms. The van der Waals surface area contributed by atoms with E-state index in [1.807, 2.05) is 0 Å². The third kappa shape index (κ3) is 1.37. The highest BCUT2D eigenvalue weighted by atomic mass is 32.2. The molecule has 42 valence electrons. The zero-order valence-corrected chi connectivity index (χ0v) is 5.63. The molecule has 1 aliphatic rings. The topological polar surface area (TPSA) is 0 Å². The van der Waals surface area contributed by atoms with Gasteiger partial charge in [-0.1, -0.05) is 6.92 Å². The van der Waals surface area contributed by atoms with E-state index < -0.39 is 0 Å². The van der Waals surface area contributed by atoms with Crippen LogP contribution >= 0.6 is 11.8 Å². The lowest BCUT2D eigenvalue weighted by Crippen LogP contribution is -1.90. The molecule has 1 atom stereocenters. The predicted molar refractivity (Wildman–Crippen MR) is 35.8 cm³/mol. The second kappa shape index (κ2) is 2.61. The van der Waals surface area contributed by atoms with Gasteiger partial charge in [0.2, 0.25) is 0 Å². The van der Waals surface area contributed by atoms with Gasteiger partial charge in [-0.15, -0.1) is 0 Å². The van der Waals surface area contributed by atoms with Crippen LogP contribution in [0.4, 0.5) is 0 Å². The number of rotatable bonds is 1. The molecule has 0 aromatic heterocycles. The van der Waals surface area contributed by atoms with Crippen LogP contribution in [0.2, 0.25) is 0 Å². The average molecular weight is 116 g/mol. The van der Waals surface area contributed by atoms with Gasteiger partial charge in [0.05, 0.1) is 0 Å². The molecule has 1 heteroatoms. The Kier molecular flexibility index (Phi) is 2.04. The average Bonchev–Trinajstić information content (AvgIpc) is 2.14. The van der Waals surface area contributed by atoms with Crippen molar-refractivity contribution >= 4 is 11.8 Å². The molecule has 0 spiro atoms. The number of hydrogen-bond acceptors (Lipinski definition) is 1. The quantitative estimate of drug-likeness (QED) is 0.506. The molecule has 0 radical (unpaired) electrons. The zero-order valence-electron chi connectivity index (χ0n) is 4.81. The first-order valence-electron chi connectivity index (χ1n) is 3.05. The van der Waals surface area contributed by atoms with Crippen LogP contribution in [-0.2, 0) is 0 Å². The van der Waals surface area contributed by atoms with Crippen molar-refractivity contribution in [3.8, 4) is 0 Å². The van der Waals surface area contributed by atoms with Crippen LogP contribution in [0.1, 0.15) is 26.2 Å². The maximum absolute atomic E-state index is 2.28. The lowest BCUT2D eigenvalue weighted by atomic mass is 10.2. The van der Waals surface area contributed by atoms with E-state index in [1.54, 1.807) is 0 Å². The van der Waals surface area contributed by atoms with Crippen molar-refractivity contribution in [3.05, 3.63) is 0 Å². The second-order valence-corrected chi connectivity index (χ2v) is 3.45. The normalized spacial score (nSPS) is 31.3. The summed E-state index contributed by atoms with van der Waals surface area (Å²) < 4.78 is 0. The molecular formula is C6H12S. The molecule has 0 aliphatic carbocycles. The van der Waals surface area contributed by atoms with Gasteiger partial charge >= 0.3 is 0 Å². The van der Waals surface area contributed by atoms with Crippen molar-refractivity contribution in [2.75, 3.05) is 5.75 Å². The first-order valence-corrected chi connectivity index (χ1v) is 4.10. The van der Waals surface area contributed by atoms with E-state index >= 15 is 0 Å². The Morgan fingerprint density at radius 2 is 2.57 bits per heavy atom. The van der Waals surface area contributed by atoms with Gasteiger partial charge in [0, 0.05) is 5.25 Å². The molecule has 0 aromatic rings. The monoisotopic (exact) mass is 116 g/mol.